The molecule has 2 unspecified atom stereocenters. The summed E-state index contributed by atoms with van der Waals surface area (Å²) in [7, 11) is 5.50. The van der Waals surface area contributed by atoms with E-state index >= 15 is 0 Å². The van der Waals surface area contributed by atoms with Crippen molar-refractivity contribution in [2.75, 3.05) is 47.6 Å². The summed E-state index contributed by atoms with van der Waals surface area (Å²) >= 11 is 0. The van der Waals surface area contributed by atoms with Gasteiger partial charge in [0.1, 0.15) is 0 Å². The van der Waals surface area contributed by atoms with E-state index < -0.39 is 0 Å². The Hall–Kier alpha value is -0.160. The predicted molar refractivity (Wildman–Crippen MR) is 67.9 cm³/mol. The van der Waals surface area contributed by atoms with E-state index in [0.29, 0.717) is 12.1 Å². The molecule has 0 aliphatic carbocycles. The first-order valence-corrected chi connectivity index (χ1v) is 6.06. The van der Waals surface area contributed by atoms with Crippen LogP contribution in [-0.4, -0.2) is 64.6 Å². The fraction of sp³-hybridized carbons (Fsp3) is 1.00. The van der Waals surface area contributed by atoms with Crippen LogP contribution in [0.5, 0.6) is 0 Å². The average molecular weight is 232 g/mol. The van der Waals surface area contributed by atoms with Crippen LogP contribution in [0.25, 0.3) is 0 Å². The normalized spacial score (nSPS) is 15.4. The Morgan fingerprint density at radius 1 is 1.06 bits per heavy atom. The lowest BCUT2D eigenvalue weighted by molar-refractivity contribution is 0.100. The van der Waals surface area contributed by atoms with Gasteiger partial charge < -0.3 is 14.8 Å². The third-order valence-corrected chi connectivity index (χ3v) is 3.13. The number of nitrogens with zero attached hydrogens (tertiary/aromatic N) is 1. The Bertz CT molecular complexity index is 156. The molecule has 98 valence electrons. The number of ether oxygens (including phenoxy) is 2. The van der Waals surface area contributed by atoms with Crippen LogP contribution < -0.4 is 5.32 Å². The zero-order valence-electron chi connectivity index (χ0n) is 11.5. The summed E-state index contributed by atoms with van der Waals surface area (Å²) in [5, 5.41) is 3.30. The minimum atomic E-state index is 0.486. The van der Waals surface area contributed by atoms with Gasteiger partial charge in [0.15, 0.2) is 0 Å². The maximum atomic E-state index is 5.15. The summed E-state index contributed by atoms with van der Waals surface area (Å²) in [5.74, 6) is 0. The molecule has 0 rings (SSSR count). The molecule has 0 radical (unpaired) electrons. The van der Waals surface area contributed by atoms with Gasteiger partial charge in [0.25, 0.3) is 0 Å². The first-order valence-electron chi connectivity index (χ1n) is 6.06. The second-order valence-electron chi connectivity index (χ2n) is 4.19. The lowest BCUT2D eigenvalue weighted by Gasteiger charge is -2.32. The van der Waals surface area contributed by atoms with Crippen molar-refractivity contribution in [1.29, 1.82) is 0 Å². The molecule has 2 atom stereocenters. The van der Waals surface area contributed by atoms with Gasteiger partial charge in [-0.15, -0.1) is 0 Å². The Balaban J connectivity index is 4.06. The lowest BCUT2D eigenvalue weighted by Crippen LogP contribution is -2.47. The van der Waals surface area contributed by atoms with E-state index in [1.54, 1.807) is 14.2 Å². The highest BCUT2D eigenvalue weighted by Gasteiger charge is 2.18. The molecular formula is C12H28N2O2. The van der Waals surface area contributed by atoms with Crippen LogP contribution in [0.1, 0.15) is 20.3 Å². The second-order valence-corrected chi connectivity index (χ2v) is 4.19. The zero-order valence-corrected chi connectivity index (χ0v) is 11.5. The maximum absolute atomic E-state index is 5.15. The molecule has 0 fully saturated rings. The van der Waals surface area contributed by atoms with Crippen LogP contribution >= 0.6 is 0 Å². The van der Waals surface area contributed by atoms with E-state index in [2.05, 4.69) is 24.1 Å². The van der Waals surface area contributed by atoms with E-state index in [1.807, 2.05) is 7.05 Å². The second kappa shape index (κ2) is 10.0. The predicted octanol–water partition coefficient (Wildman–Crippen LogP) is 0.968. The minimum Gasteiger partial charge on any atom is -0.385 e. The van der Waals surface area contributed by atoms with Gasteiger partial charge in [0, 0.05) is 46.0 Å². The Labute approximate surface area is 100 Å². The molecule has 0 saturated heterocycles. The van der Waals surface area contributed by atoms with Crippen LogP contribution in [0, 0.1) is 0 Å². The summed E-state index contributed by atoms with van der Waals surface area (Å²) in [6, 6.07) is 0.997. The van der Waals surface area contributed by atoms with Gasteiger partial charge in [-0.3, -0.25) is 4.90 Å². The smallest absolute Gasteiger partial charge is 0.0589 e. The van der Waals surface area contributed by atoms with Crippen molar-refractivity contribution in [2.24, 2.45) is 0 Å². The molecule has 0 aliphatic heterocycles. The first kappa shape index (κ1) is 15.8. The highest BCUT2D eigenvalue weighted by atomic mass is 16.5. The molecule has 4 heteroatoms. The van der Waals surface area contributed by atoms with Crippen LogP contribution in [0.3, 0.4) is 0 Å². The van der Waals surface area contributed by atoms with Crippen LogP contribution in [-0.2, 0) is 9.47 Å². The van der Waals surface area contributed by atoms with E-state index in [-0.39, 0.29) is 0 Å². The van der Waals surface area contributed by atoms with Crippen molar-refractivity contribution in [3.8, 4) is 0 Å². The van der Waals surface area contributed by atoms with Gasteiger partial charge in [-0.05, 0) is 27.3 Å². The van der Waals surface area contributed by atoms with Crippen molar-refractivity contribution in [2.45, 2.75) is 32.4 Å². The van der Waals surface area contributed by atoms with Gasteiger partial charge in [-0.2, -0.15) is 0 Å². The third kappa shape index (κ3) is 6.43. The van der Waals surface area contributed by atoms with Crippen molar-refractivity contribution >= 4 is 0 Å². The molecule has 0 aliphatic rings. The van der Waals surface area contributed by atoms with Crippen LogP contribution in [0.2, 0.25) is 0 Å². The highest BCUT2D eigenvalue weighted by molar-refractivity contribution is 4.76. The highest BCUT2D eigenvalue weighted by Crippen LogP contribution is 2.05. The average Bonchev–Trinajstić information content (AvgIpc) is 2.31. The summed E-state index contributed by atoms with van der Waals surface area (Å²) in [6.07, 6.45) is 1.07. The van der Waals surface area contributed by atoms with Gasteiger partial charge in [-0.1, -0.05) is 0 Å². The molecule has 1 N–H and O–H groups in total. The molecule has 16 heavy (non-hydrogen) atoms. The molecular weight excluding hydrogens is 204 g/mol. The Kier molecular flexibility index (Phi) is 9.92. The summed E-state index contributed by atoms with van der Waals surface area (Å²) in [4.78, 5) is 2.45. The topological polar surface area (TPSA) is 33.7 Å². The molecule has 0 heterocycles. The Morgan fingerprint density at radius 3 is 2.19 bits per heavy atom. The first-order chi connectivity index (χ1) is 7.67. The molecule has 0 aromatic rings. The van der Waals surface area contributed by atoms with Crippen molar-refractivity contribution in [1.82, 2.24) is 10.2 Å². The minimum absolute atomic E-state index is 0.486. The van der Waals surface area contributed by atoms with Crippen molar-refractivity contribution < 1.29 is 9.47 Å². The van der Waals surface area contributed by atoms with Crippen molar-refractivity contribution in [3.63, 3.8) is 0 Å². The zero-order chi connectivity index (χ0) is 12.4. The van der Waals surface area contributed by atoms with E-state index in [0.717, 1.165) is 32.7 Å². The molecule has 0 spiro atoms. The molecule has 0 aromatic carbocycles. The van der Waals surface area contributed by atoms with Gasteiger partial charge >= 0.3 is 0 Å². The Morgan fingerprint density at radius 2 is 1.69 bits per heavy atom. The molecule has 0 amide bonds. The monoisotopic (exact) mass is 232 g/mol. The maximum Gasteiger partial charge on any atom is 0.0589 e. The quantitative estimate of drug-likeness (QED) is 0.569. The fourth-order valence-electron chi connectivity index (χ4n) is 1.70. The molecule has 0 bridgehead atoms. The number of methoxy groups -OCH3 is 2. The number of likely N-dealkylation sites (N-methyl/N-ethyl adjacent to an activating group) is 1. The van der Waals surface area contributed by atoms with Crippen LogP contribution in [0.15, 0.2) is 0 Å². The van der Waals surface area contributed by atoms with Gasteiger partial charge in [-0.25, -0.2) is 0 Å². The summed E-state index contributed by atoms with van der Waals surface area (Å²) in [6.45, 7) is 8.11. The van der Waals surface area contributed by atoms with Gasteiger partial charge in [0.2, 0.25) is 0 Å². The largest absolute Gasteiger partial charge is 0.385 e. The molecule has 4 nitrogen and oxygen atoms in total. The summed E-state index contributed by atoms with van der Waals surface area (Å²) in [5.41, 5.74) is 0. The molecule has 0 saturated carbocycles. The SMILES string of the molecule is CNC(C)C(C)N(CCCOC)CCOC. The van der Waals surface area contributed by atoms with Crippen LogP contribution in [0.4, 0.5) is 0 Å². The van der Waals surface area contributed by atoms with Crippen molar-refractivity contribution in [3.05, 3.63) is 0 Å². The molecule has 0 aromatic heterocycles. The third-order valence-electron chi connectivity index (χ3n) is 3.13. The summed E-state index contributed by atoms with van der Waals surface area (Å²) < 4.78 is 10.2. The number of hydrogen-bond acceptors (Lipinski definition) is 4. The number of rotatable bonds is 10. The number of hydrogen-bond donors (Lipinski definition) is 1. The van der Waals surface area contributed by atoms with Gasteiger partial charge in [0.05, 0.1) is 6.61 Å². The van der Waals surface area contributed by atoms with E-state index in [9.17, 15) is 0 Å². The standard InChI is InChI=1S/C12H28N2O2/c1-11(13-3)12(2)14(8-10-16-5)7-6-9-15-4/h11-13H,6-10H2,1-5H3. The fourth-order valence-corrected chi connectivity index (χ4v) is 1.70. The van der Waals surface area contributed by atoms with E-state index in [1.165, 1.54) is 0 Å². The number of nitrogens with one attached hydrogen (secondary N) is 1. The van der Waals surface area contributed by atoms with E-state index in [4.69, 9.17) is 9.47 Å². The lowest BCUT2D eigenvalue weighted by atomic mass is 10.1.